The summed E-state index contributed by atoms with van der Waals surface area (Å²) in [6, 6.07) is 3.04. The summed E-state index contributed by atoms with van der Waals surface area (Å²) in [7, 11) is -1.70. The molecule has 104 valence electrons. The fourth-order valence-electron chi connectivity index (χ4n) is 2.13. The molecule has 19 heavy (non-hydrogen) atoms. The van der Waals surface area contributed by atoms with Crippen molar-refractivity contribution in [2.45, 2.75) is 31.3 Å². The second kappa shape index (κ2) is 3.96. The summed E-state index contributed by atoms with van der Waals surface area (Å²) < 4.78 is 29.0. The first-order chi connectivity index (χ1) is 8.54. The van der Waals surface area contributed by atoms with Crippen LogP contribution in [0.15, 0.2) is 17.0 Å². The number of ether oxygens (including phenoxy) is 1. The van der Waals surface area contributed by atoms with Gasteiger partial charge in [0.2, 0.25) is 0 Å². The summed E-state index contributed by atoms with van der Waals surface area (Å²) in [4.78, 5) is 13.8. The summed E-state index contributed by atoms with van der Waals surface area (Å²) in [5.41, 5.74) is 0.245. The van der Waals surface area contributed by atoms with Crippen molar-refractivity contribution in [2.75, 3.05) is 18.2 Å². The number of nitrogens with zero attached hydrogens (tertiary/aromatic N) is 1. The van der Waals surface area contributed by atoms with E-state index >= 15 is 0 Å². The predicted octanol–water partition coefficient (Wildman–Crippen LogP) is 1.53. The highest BCUT2D eigenvalue weighted by Crippen LogP contribution is 2.41. The van der Waals surface area contributed by atoms with Crippen LogP contribution in [-0.4, -0.2) is 33.2 Å². The monoisotopic (exact) mass is 283 g/mol. The van der Waals surface area contributed by atoms with Gasteiger partial charge in [0.25, 0.3) is 5.91 Å². The smallest absolute Gasteiger partial charge is 0.270 e. The number of sulfone groups is 1. The predicted molar refractivity (Wildman–Crippen MR) is 72.4 cm³/mol. The Morgan fingerprint density at radius 1 is 1.26 bits per heavy atom. The zero-order valence-corrected chi connectivity index (χ0v) is 12.5. The Hall–Kier alpha value is -1.56. The summed E-state index contributed by atoms with van der Waals surface area (Å²) in [5, 5.41) is 0. The molecule has 0 fully saturated rings. The van der Waals surface area contributed by atoms with E-state index in [4.69, 9.17) is 4.74 Å². The van der Waals surface area contributed by atoms with Crippen LogP contribution in [0.4, 0.5) is 5.69 Å². The fourth-order valence-corrected chi connectivity index (χ4v) is 2.85. The third kappa shape index (κ3) is 2.20. The molecular weight excluding hydrogens is 266 g/mol. The first kappa shape index (κ1) is 13.9. The van der Waals surface area contributed by atoms with Crippen LogP contribution in [0.3, 0.4) is 0 Å². The lowest BCUT2D eigenvalue weighted by Gasteiger charge is -2.37. The Bertz CT molecular complexity index is 661. The maximum Gasteiger partial charge on any atom is 0.270 e. The second-order valence-electron chi connectivity index (χ2n) is 5.34. The number of fused-ring (bicyclic) bond motifs is 1. The van der Waals surface area contributed by atoms with Crippen LogP contribution in [0, 0.1) is 6.92 Å². The molecule has 0 radical (unpaired) electrons. The third-order valence-electron chi connectivity index (χ3n) is 3.19. The Morgan fingerprint density at radius 2 is 1.84 bits per heavy atom. The van der Waals surface area contributed by atoms with Crippen molar-refractivity contribution in [3.63, 3.8) is 0 Å². The first-order valence-electron chi connectivity index (χ1n) is 5.86. The minimum Gasteiger partial charge on any atom is -0.476 e. The van der Waals surface area contributed by atoms with Crippen molar-refractivity contribution in [3.8, 4) is 5.75 Å². The maximum absolute atomic E-state index is 12.1. The quantitative estimate of drug-likeness (QED) is 0.784. The fraction of sp³-hybridized carbons (Fsp3) is 0.462. The molecule has 5 nitrogen and oxygen atoms in total. The van der Waals surface area contributed by atoms with Crippen molar-refractivity contribution >= 4 is 21.4 Å². The lowest BCUT2D eigenvalue weighted by Crippen LogP contribution is -2.51. The van der Waals surface area contributed by atoms with Gasteiger partial charge in [0.15, 0.2) is 15.4 Å². The summed E-state index contributed by atoms with van der Waals surface area (Å²) in [6.45, 7) is 5.16. The van der Waals surface area contributed by atoms with Gasteiger partial charge >= 0.3 is 0 Å². The van der Waals surface area contributed by atoms with E-state index in [-0.39, 0.29) is 10.8 Å². The van der Waals surface area contributed by atoms with Crippen molar-refractivity contribution < 1.29 is 17.9 Å². The van der Waals surface area contributed by atoms with Gasteiger partial charge in [-0.3, -0.25) is 4.79 Å². The van der Waals surface area contributed by atoms with E-state index in [1.807, 2.05) is 0 Å². The average Bonchev–Trinajstić information content (AvgIpc) is 2.26. The van der Waals surface area contributed by atoms with Gasteiger partial charge in [0.05, 0.1) is 10.6 Å². The second-order valence-corrected chi connectivity index (χ2v) is 7.35. The SMILES string of the molecule is Cc1cc(S(C)(=O)=O)cc2c1OC(C)(C)C(=O)N2C. The van der Waals surface area contributed by atoms with Gasteiger partial charge in [0.1, 0.15) is 5.75 Å². The molecule has 6 heteroatoms. The molecule has 1 aromatic carbocycles. The number of aryl methyl sites for hydroxylation is 1. The van der Waals surface area contributed by atoms with Gasteiger partial charge in [-0.25, -0.2) is 8.42 Å². The molecule has 1 aliphatic heterocycles. The van der Waals surface area contributed by atoms with Crippen LogP contribution >= 0.6 is 0 Å². The topological polar surface area (TPSA) is 63.7 Å². The average molecular weight is 283 g/mol. The van der Waals surface area contributed by atoms with E-state index in [1.165, 1.54) is 11.0 Å². The van der Waals surface area contributed by atoms with E-state index in [2.05, 4.69) is 0 Å². The number of carbonyl (C=O) groups excluding carboxylic acids is 1. The number of anilines is 1. The zero-order chi connectivity index (χ0) is 14.6. The molecule has 0 saturated heterocycles. The van der Waals surface area contributed by atoms with Crippen molar-refractivity contribution in [1.82, 2.24) is 0 Å². The highest BCUT2D eigenvalue weighted by molar-refractivity contribution is 7.90. The van der Waals surface area contributed by atoms with Gasteiger partial charge in [-0.15, -0.1) is 0 Å². The summed E-state index contributed by atoms with van der Waals surface area (Å²) in [6.07, 6.45) is 1.14. The Labute approximate surface area is 113 Å². The molecule has 0 unspecified atom stereocenters. The molecule has 0 N–H and O–H groups in total. The number of likely N-dealkylation sites (N-methyl/N-ethyl adjacent to an activating group) is 1. The van der Waals surface area contributed by atoms with Crippen LogP contribution in [0.1, 0.15) is 19.4 Å². The van der Waals surface area contributed by atoms with E-state index in [9.17, 15) is 13.2 Å². The molecule has 0 bridgehead atoms. The molecule has 0 atom stereocenters. The molecule has 0 aliphatic carbocycles. The lowest BCUT2D eigenvalue weighted by molar-refractivity contribution is -0.132. The van der Waals surface area contributed by atoms with Gasteiger partial charge in [0, 0.05) is 13.3 Å². The number of rotatable bonds is 1. The highest BCUT2D eigenvalue weighted by Gasteiger charge is 2.40. The number of hydrogen-bond donors (Lipinski definition) is 0. The Kier molecular flexibility index (Phi) is 2.89. The number of amides is 1. The van der Waals surface area contributed by atoms with E-state index in [0.717, 1.165) is 6.26 Å². The lowest BCUT2D eigenvalue weighted by atomic mass is 10.0. The summed E-state index contributed by atoms with van der Waals surface area (Å²) in [5.74, 6) is 0.351. The molecule has 0 spiro atoms. The Balaban J connectivity index is 2.70. The van der Waals surface area contributed by atoms with Gasteiger partial charge in [-0.2, -0.15) is 0 Å². The summed E-state index contributed by atoms with van der Waals surface area (Å²) >= 11 is 0. The van der Waals surface area contributed by atoms with Gasteiger partial charge in [-0.05, 0) is 38.5 Å². The molecule has 1 heterocycles. The number of hydrogen-bond acceptors (Lipinski definition) is 4. The van der Waals surface area contributed by atoms with Crippen LogP contribution < -0.4 is 9.64 Å². The van der Waals surface area contributed by atoms with Crippen LogP contribution in [0.5, 0.6) is 5.75 Å². The van der Waals surface area contributed by atoms with Crippen LogP contribution in [-0.2, 0) is 14.6 Å². The minimum absolute atomic E-state index is 0.187. The van der Waals surface area contributed by atoms with Crippen LogP contribution in [0.2, 0.25) is 0 Å². The Morgan fingerprint density at radius 3 is 2.37 bits per heavy atom. The molecule has 2 rings (SSSR count). The van der Waals surface area contributed by atoms with Crippen molar-refractivity contribution in [3.05, 3.63) is 17.7 Å². The highest BCUT2D eigenvalue weighted by atomic mass is 32.2. The molecule has 0 saturated carbocycles. The minimum atomic E-state index is -3.32. The largest absolute Gasteiger partial charge is 0.476 e. The van der Waals surface area contributed by atoms with E-state index < -0.39 is 15.4 Å². The number of carbonyl (C=O) groups is 1. The normalized spacial score (nSPS) is 17.9. The maximum atomic E-state index is 12.1. The van der Waals surface area contributed by atoms with Gasteiger partial charge < -0.3 is 9.64 Å². The molecule has 1 aliphatic rings. The van der Waals surface area contributed by atoms with Crippen molar-refractivity contribution in [2.24, 2.45) is 0 Å². The zero-order valence-electron chi connectivity index (χ0n) is 11.6. The third-order valence-corrected chi connectivity index (χ3v) is 4.29. The van der Waals surface area contributed by atoms with E-state index in [0.29, 0.717) is 17.0 Å². The molecule has 0 aromatic heterocycles. The molecule has 1 aromatic rings. The number of benzene rings is 1. The van der Waals surface area contributed by atoms with Crippen LogP contribution in [0.25, 0.3) is 0 Å². The van der Waals surface area contributed by atoms with Crippen molar-refractivity contribution in [1.29, 1.82) is 0 Å². The first-order valence-corrected chi connectivity index (χ1v) is 7.75. The van der Waals surface area contributed by atoms with Gasteiger partial charge in [-0.1, -0.05) is 0 Å². The standard InChI is InChI=1S/C13H17NO4S/c1-8-6-9(19(5,16)17)7-10-11(8)18-13(2,3)12(15)14(10)4/h6-7H,1-5H3. The van der Waals surface area contributed by atoms with E-state index in [1.54, 1.807) is 33.9 Å². The molecule has 1 amide bonds. The molecular formula is C13H17NO4S.